The Morgan fingerprint density at radius 1 is 0.780 bits per heavy atom. The van der Waals surface area contributed by atoms with Crippen molar-refractivity contribution in [1.82, 2.24) is 0 Å². The van der Waals surface area contributed by atoms with Crippen LogP contribution in [-0.2, 0) is 0 Å². The molecule has 0 radical (unpaired) electrons. The second-order valence-corrected chi connectivity index (χ2v) is 15.3. The van der Waals surface area contributed by atoms with Crippen molar-refractivity contribution in [2.75, 3.05) is 4.90 Å². The van der Waals surface area contributed by atoms with Crippen LogP contribution in [0.15, 0.2) is 84.1 Å². The summed E-state index contributed by atoms with van der Waals surface area (Å²) in [5, 5.41) is 0. The van der Waals surface area contributed by atoms with Gasteiger partial charge in [0.05, 0.1) is 6.04 Å². The van der Waals surface area contributed by atoms with Gasteiger partial charge in [-0.25, -0.2) is 0 Å². The van der Waals surface area contributed by atoms with Crippen LogP contribution in [0.1, 0.15) is 109 Å². The summed E-state index contributed by atoms with van der Waals surface area (Å²) in [4.78, 5) is 2.74. The van der Waals surface area contributed by atoms with Crippen LogP contribution in [0.5, 0.6) is 0 Å². The number of hydrogen-bond acceptors (Lipinski definition) is 1. The molecule has 0 saturated heterocycles. The molecular weight excluding hydrogens is 494 g/mol. The van der Waals surface area contributed by atoms with Crippen molar-refractivity contribution in [3.63, 3.8) is 0 Å². The summed E-state index contributed by atoms with van der Waals surface area (Å²) in [6.45, 7) is 7.56. The van der Waals surface area contributed by atoms with Gasteiger partial charge in [-0.2, -0.15) is 0 Å². The van der Waals surface area contributed by atoms with E-state index in [9.17, 15) is 0 Å². The lowest BCUT2D eigenvalue weighted by molar-refractivity contribution is 0.0476. The Labute approximate surface area is 250 Å². The van der Waals surface area contributed by atoms with E-state index in [4.69, 9.17) is 0 Å². The Morgan fingerprint density at radius 3 is 2.24 bits per heavy atom. The van der Waals surface area contributed by atoms with Crippen LogP contribution >= 0.6 is 0 Å². The van der Waals surface area contributed by atoms with Crippen molar-refractivity contribution in [3.05, 3.63) is 89.7 Å². The van der Waals surface area contributed by atoms with Gasteiger partial charge >= 0.3 is 0 Å². The first-order valence-corrected chi connectivity index (χ1v) is 17.3. The van der Waals surface area contributed by atoms with E-state index >= 15 is 0 Å². The van der Waals surface area contributed by atoms with E-state index in [1.165, 1.54) is 94.0 Å². The van der Waals surface area contributed by atoms with Gasteiger partial charge in [-0.05, 0) is 122 Å². The molecule has 1 heteroatoms. The van der Waals surface area contributed by atoms with Crippen LogP contribution < -0.4 is 4.90 Å². The van der Waals surface area contributed by atoms with Crippen LogP contribution in [0.3, 0.4) is 0 Å². The molecule has 3 saturated carbocycles. The lowest BCUT2D eigenvalue weighted by Crippen LogP contribution is -2.43. The molecule has 0 amide bonds. The summed E-state index contributed by atoms with van der Waals surface area (Å²) in [6.07, 6.45) is 36.3. The second-order valence-electron chi connectivity index (χ2n) is 15.3. The van der Waals surface area contributed by atoms with Crippen molar-refractivity contribution in [2.24, 2.45) is 40.9 Å². The first-order valence-electron chi connectivity index (χ1n) is 17.3. The van der Waals surface area contributed by atoms with Gasteiger partial charge in [-0.1, -0.05) is 94.7 Å². The molecule has 218 valence electrons. The molecule has 6 aliphatic rings. The average molecular weight is 548 g/mol. The number of hydrogen-bond donors (Lipinski definition) is 0. The molecule has 1 nitrogen and oxygen atoms in total. The zero-order valence-corrected chi connectivity index (χ0v) is 26.0. The van der Waals surface area contributed by atoms with Crippen molar-refractivity contribution in [2.45, 2.75) is 110 Å². The Hall–Kier alpha value is -2.28. The molecule has 0 spiro atoms. The van der Waals surface area contributed by atoms with Crippen LogP contribution in [-0.4, -0.2) is 6.04 Å². The molecule has 0 N–H and O–H groups in total. The molecule has 3 fully saturated rings. The number of anilines is 1. The summed E-state index contributed by atoms with van der Waals surface area (Å²) >= 11 is 0. The maximum absolute atomic E-state index is 2.74. The number of benzene rings is 1. The number of nitrogens with zero attached hydrogens (tertiary/aromatic N) is 1. The second kappa shape index (κ2) is 11.4. The topological polar surface area (TPSA) is 3.24 Å². The van der Waals surface area contributed by atoms with Gasteiger partial charge in [0.15, 0.2) is 0 Å². The Balaban J connectivity index is 1.17. The van der Waals surface area contributed by atoms with Gasteiger partial charge < -0.3 is 4.90 Å². The normalized spacial score (nSPS) is 38.7. The fourth-order valence-electron chi connectivity index (χ4n) is 10.1. The SMILES string of the molecule is CC1CC2CC(C1)CC(C1(C)C=CC(N(C3=CC=C4C=CC=CC4C3C)c3ccc(C4CCCCC4)cc3)CC1)C2. The maximum atomic E-state index is 2.74. The lowest BCUT2D eigenvalue weighted by atomic mass is 9.57. The highest BCUT2D eigenvalue weighted by Gasteiger charge is 2.43. The molecule has 7 rings (SSSR count). The summed E-state index contributed by atoms with van der Waals surface area (Å²) in [5.41, 5.74) is 6.25. The number of rotatable bonds is 5. The minimum Gasteiger partial charge on any atom is -0.338 e. The van der Waals surface area contributed by atoms with Crippen molar-refractivity contribution >= 4 is 5.69 Å². The average Bonchev–Trinajstić information content (AvgIpc) is 3.00. The molecule has 6 aliphatic carbocycles. The van der Waals surface area contributed by atoms with Gasteiger partial charge in [0.25, 0.3) is 0 Å². The standard InChI is InChI=1S/C40H53N/c1-28-23-30-25-31(24-28)27-35(26-30)40(3)21-19-37(20-22-40)41(39-18-15-34-11-7-8-12-38(34)29(39)2)36-16-13-33(14-17-36)32-9-5-4-6-10-32/h7-8,11-19,21,28-32,35,37-38H,4-6,9-10,20,22-27H2,1-3H3. The Bertz CT molecular complexity index is 1220. The predicted octanol–water partition coefficient (Wildman–Crippen LogP) is 10.9. The Kier molecular flexibility index (Phi) is 7.68. The molecule has 41 heavy (non-hydrogen) atoms. The molecule has 6 atom stereocenters. The zero-order chi connectivity index (χ0) is 28.0. The predicted molar refractivity (Wildman–Crippen MR) is 175 cm³/mol. The van der Waals surface area contributed by atoms with E-state index in [2.05, 4.69) is 98.5 Å². The van der Waals surface area contributed by atoms with Crippen LogP contribution in [0.25, 0.3) is 0 Å². The number of allylic oxidation sites excluding steroid dienone is 9. The first-order chi connectivity index (χ1) is 20.0. The van der Waals surface area contributed by atoms with Crippen LogP contribution in [0.2, 0.25) is 0 Å². The third-order valence-electron chi connectivity index (χ3n) is 12.4. The Morgan fingerprint density at radius 2 is 1.54 bits per heavy atom. The minimum atomic E-state index is 0.362. The van der Waals surface area contributed by atoms with E-state index in [0.717, 1.165) is 29.6 Å². The molecule has 6 unspecified atom stereocenters. The smallest absolute Gasteiger partial charge is 0.0519 e. The molecule has 0 aliphatic heterocycles. The highest BCUT2D eigenvalue weighted by Crippen LogP contribution is 2.53. The van der Waals surface area contributed by atoms with E-state index in [1.807, 2.05) is 0 Å². The fraction of sp³-hybridized carbons (Fsp3) is 0.600. The zero-order valence-electron chi connectivity index (χ0n) is 26.0. The largest absolute Gasteiger partial charge is 0.338 e. The summed E-state index contributed by atoms with van der Waals surface area (Å²) in [6, 6.07) is 10.3. The highest BCUT2D eigenvalue weighted by atomic mass is 15.2. The van der Waals surface area contributed by atoms with E-state index in [0.29, 0.717) is 23.3 Å². The van der Waals surface area contributed by atoms with Crippen molar-refractivity contribution < 1.29 is 0 Å². The van der Waals surface area contributed by atoms with Gasteiger partial charge in [0.1, 0.15) is 0 Å². The maximum Gasteiger partial charge on any atom is 0.0519 e. The van der Waals surface area contributed by atoms with Gasteiger partial charge in [0.2, 0.25) is 0 Å². The van der Waals surface area contributed by atoms with Gasteiger partial charge in [0, 0.05) is 23.2 Å². The monoisotopic (exact) mass is 547 g/mol. The minimum absolute atomic E-state index is 0.362. The fourth-order valence-corrected chi connectivity index (χ4v) is 10.1. The third kappa shape index (κ3) is 5.48. The van der Waals surface area contributed by atoms with Crippen molar-refractivity contribution in [3.8, 4) is 0 Å². The van der Waals surface area contributed by atoms with Gasteiger partial charge in [-0.3, -0.25) is 0 Å². The van der Waals surface area contributed by atoms with E-state index < -0.39 is 0 Å². The summed E-state index contributed by atoms with van der Waals surface area (Å²) < 4.78 is 0. The van der Waals surface area contributed by atoms with E-state index in [1.54, 1.807) is 5.56 Å². The van der Waals surface area contributed by atoms with Crippen LogP contribution in [0.4, 0.5) is 5.69 Å². The summed E-state index contributed by atoms with van der Waals surface area (Å²) in [7, 11) is 0. The first kappa shape index (κ1) is 27.5. The third-order valence-corrected chi connectivity index (χ3v) is 12.4. The lowest BCUT2D eigenvalue weighted by Gasteiger charge is -2.50. The summed E-state index contributed by atoms with van der Waals surface area (Å²) in [5.74, 6) is 5.50. The van der Waals surface area contributed by atoms with Crippen LogP contribution in [0, 0.1) is 40.9 Å². The number of fused-ring (bicyclic) bond motifs is 3. The van der Waals surface area contributed by atoms with Crippen molar-refractivity contribution in [1.29, 1.82) is 0 Å². The molecule has 0 aromatic heterocycles. The molecule has 0 heterocycles. The quantitative estimate of drug-likeness (QED) is 0.331. The molecule has 1 aromatic carbocycles. The highest BCUT2D eigenvalue weighted by molar-refractivity contribution is 5.59. The van der Waals surface area contributed by atoms with E-state index in [-0.39, 0.29) is 0 Å². The molecule has 1 aromatic rings. The molecular formula is C40H53N. The van der Waals surface area contributed by atoms with Gasteiger partial charge in [-0.15, -0.1) is 0 Å². The molecule has 2 bridgehead atoms.